The van der Waals surface area contributed by atoms with Crippen molar-refractivity contribution in [3.63, 3.8) is 0 Å². The standard InChI is InChI=1S/C15H21ClN2O4S/c1-17-6-8-18(9-7-17)15(19)5-10-23(20,21)12-3-4-14(22-2)13(16)11-12/h3-4,11H,5-10H2,1-2H3. The van der Waals surface area contributed by atoms with Gasteiger partial charge in [0.2, 0.25) is 5.91 Å². The maximum atomic E-state index is 12.3. The number of carbonyl (C=O) groups excluding carboxylic acids is 1. The molecule has 1 saturated heterocycles. The molecule has 1 aromatic rings. The van der Waals surface area contributed by atoms with E-state index in [9.17, 15) is 13.2 Å². The number of benzene rings is 1. The molecular weight excluding hydrogens is 340 g/mol. The average molecular weight is 361 g/mol. The van der Waals surface area contributed by atoms with Gasteiger partial charge in [0.15, 0.2) is 9.84 Å². The van der Waals surface area contributed by atoms with Crippen LogP contribution in [0.25, 0.3) is 0 Å². The molecule has 23 heavy (non-hydrogen) atoms. The third-order valence-electron chi connectivity index (χ3n) is 3.92. The Hall–Kier alpha value is -1.31. The van der Waals surface area contributed by atoms with Crippen LogP contribution in [0.2, 0.25) is 5.02 Å². The molecule has 1 aromatic carbocycles. The van der Waals surface area contributed by atoms with Crippen molar-refractivity contribution in [1.29, 1.82) is 0 Å². The Morgan fingerprint density at radius 1 is 1.26 bits per heavy atom. The quantitative estimate of drug-likeness (QED) is 0.791. The maximum Gasteiger partial charge on any atom is 0.223 e. The molecule has 0 saturated carbocycles. The first-order valence-corrected chi connectivity index (χ1v) is 9.39. The number of rotatable bonds is 5. The minimum atomic E-state index is -3.55. The topological polar surface area (TPSA) is 66.9 Å². The Bertz CT molecular complexity index is 670. The van der Waals surface area contributed by atoms with Crippen molar-refractivity contribution in [2.75, 3.05) is 46.1 Å². The molecular formula is C15H21ClN2O4S. The van der Waals surface area contributed by atoms with Crippen LogP contribution in [0.15, 0.2) is 23.1 Å². The molecule has 128 valence electrons. The second-order valence-electron chi connectivity index (χ2n) is 5.55. The fourth-order valence-electron chi connectivity index (χ4n) is 2.39. The highest BCUT2D eigenvalue weighted by atomic mass is 35.5. The molecule has 1 aliphatic heterocycles. The van der Waals surface area contributed by atoms with Gasteiger partial charge in [-0.05, 0) is 25.2 Å². The number of hydrogen-bond donors (Lipinski definition) is 0. The van der Waals surface area contributed by atoms with Crippen molar-refractivity contribution in [1.82, 2.24) is 9.80 Å². The predicted octanol–water partition coefficient (Wildman–Crippen LogP) is 1.29. The van der Waals surface area contributed by atoms with Crippen LogP contribution in [0.4, 0.5) is 0 Å². The second-order valence-corrected chi connectivity index (χ2v) is 8.07. The summed E-state index contributed by atoms with van der Waals surface area (Å²) in [4.78, 5) is 16.1. The molecule has 0 unspecified atom stereocenters. The van der Waals surface area contributed by atoms with E-state index in [1.54, 1.807) is 4.90 Å². The summed E-state index contributed by atoms with van der Waals surface area (Å²) in [5.41, 5.74) is 0. The van der Waals surface area contributed by atoms with E-state index in [0.29, 0.717) is 18.8 Å². The molecule has 0 atom stereocenters. The third kappa shape index (κ3) is 4.59. The van der Waals surface area contributed by atoms with Gasteiger partial charge in [-0.15, -0.1) is 0 Å². The Kier molecular flexibility index (Phi) is 5.89. The van der Waals surface area contributed by atoms with Gasteiger partial charge >= 0.3 is 0 Å². The highest BCUT2D eigenvalue weighted by Crippen LogP contribution is 2.27. The number of halogens is 1. The van der Waals surface area contributed by atoms with Gasteiger partial charge in [-0.1, -0.05) is 11.6 Å². The smallest absolute Gasteiger partial charge is 0.223 e. The van der Waals surface area contributed by atoms with E-state index in [4.69, 9.17) is 16.3 Å². The van der Waals surface area contributed by atoms with Gasteiger partial charge in [-0.25, -0.2) is 8.42 Å². The lowest BCUT2D eigenvalue weighted by Gasteiger charge is -2.32. The molecule has 1 amide bonds. The van der Waals surface area contributed by atoms with E-state index in [0.717, 1.165) is 13.1 Å². The highest BCUT2D eigenvalue weighted by Gasteiger charge is 2.22. The predicted molar refractivity (Wildman–Crippen MR) is 88.8 cm³/mol. The van der Waals surface area contributed by atoms with E-state index < -0.39 is 9.84 Å². The Labute approximate surface area is 141 Å². The number of methoxy groups -OCH3 is 1. The summed E-state index contributed by atoms with van der Waals surface area (Å²) < 4.78 is 29.7. The van der Waals surface area contributed by atoms with E-state index in [2.05, 4.69) is 4.90 Å². The maximum absolute atomic E-state index is 12.3. The lowest BCUT2D eigenvalue weighted by molar-refractivity contribution is -0.132. The molecule has 1 aliphatic rings. The molecule has 0 aliphatic carbocycles. The molecule has 2 rings (SSSR count). The molecule has 1 heterocycles. The number of amides is 1. The number of sulfone groups is 1. The van der Waals surface area contributed by atoms with Crippen LogP contribution in [-0.2, 0) is 14.6 Å². The zero-order valence-electron chi connectivity index (χ0n) is 13.3. The van der Waals surface area contributed by atoms with Gasteiger partial charge in [-0.3, -0.25) is 4.79 Å². The zero-order chi connectivity index (χ0) is 17.0. The Balaban J connectivity index is 1.98. The van der Waals surface area contributed by atoms with Crippen molar-refractivity contribution in [3.05, 3.63) is 23.2 Å². The fourth-order valence-corrected chi connectivity index (χ4v) is 3.97. The van der Waals surface area contributed by atoms with Crippen molar-refractivity contribution in [2.24, 2.45) is 0 Å². The van der Waals surface area contributed by atoms with Crippen LogP contribution >= 0.6 is 11.6 Å². The van der Waals surface area contributed by atoms with Crippen LogP contribution in [0.3, 0.4) is 0 Å². The van der Waals surface area contributed by atoms with E-state index in [-0.39, 0.29) is 28.0 Å². The molecule has 0 bridgehead atoms. The normalized spacial score (nSPS) is 16.4. The molecule has 0 aromatic heterocycles. The van der Waals surface area contributed by atoms with Crippen molar-refractivity contribution in [2.45, 2.75) is 11.3 Å². The monoisotopic (exact) mass is 360 g/mol. The van der Waals surface area contributed by atoms with Gasteiger partial charge in [-0.2, -0.15) is 0 Å². The lowest BCUT2D eigenvalue weighted by Crippen LogP contribution is -2.47. The van der Waals surface area contributed by atoms with E-state index in [1.165, 1.54) is 25.3 Å². The third-order valence-corrected chi connectivity index (χ3v) is 5.93. The van der Waals surface area contributed by atoms with Gasteiger partial charge in [0.1, 0.15) is 5.75 Å². The Morgan fingerprint density at radius 3 is 2.48 bits per heavy atom. The van der Waals surface area contributed by atoms with Crippen molar-refractivity contribution < 1.29 is 17.9 Å². The van der Waals surface area contributed by atoms with Gasteiger partial charge < -0.3 is 14.5 Å². The van der Waals surface area contributed by atoms with Crippen LogP contribution < -0.4 is 4.74 Å². The number of piperazine rings is 1. The SMILES string of the molecule is COc1ccc(S(=O)(=O)CCC(=O)N2CCN(C)CC2)cc1Cl. The van der Waals surface area contributed by atoms with E-state index >= 15 is 0 Å². The largest absolute Gasteiger partial charge is 0.495 e. The minimum absolute atomic E-state index is 0.0182. The number of nitrogens with zero attached hydrogens (tertiary/aromatic N) is 2. The summed E-state index contributed by atoms with van der Waals surface area (Å²) in [5, 5.41) is 0.235. The molecule has 6 nitrogen and oxygen atoms in total. The van der Waals surface area contributed by atoms with Crippen molar-refractivity contribution in [3.8, 4) is 5.75 Å². The van der Waals surface area contributed by atoms with Crippen LogP contribution in [0.5, 0.6) is 5.75 Å². The Morgan fingerprint density at radius 2 is 1.91 bits per heavy atom. The molecule has 0 radical (unpaired) electrons. The molecule has 8 heteroatoms. The second kappa shape index (κ2) is 7.51. The average Bonchev–Trinajstić information content (AvgIpc) is 2.53. The van der Waals surface area contributed by atoms with Crippen LogP contribution in [0.1, 0.15) is 6.42 Å². The number of ether oxygens (including phenoxy) is 1. The number of hydrogen-bond acceptors (Lipinski definition) is 5. The summed E-state index contributed by atoms with van der Waals surface area (Å²) in [6.45, 7) is 2.91. The van der Waals surface area contributed by atoms with Crippen LogP contribution in [-0.4, -0.2) is 70.2 Å². The molecule has 1 fully saturated rings. The first-order chi connectivity index (χ1) is 10.8. The van der Waals surface area contributed by atoms with Crippen LogP contribution in [0, 0.1) is 0 Å². The number of carbonyl (C=O) groups is 1. The highest BCUT2D eigenvalue weighted by molar-refractivity contribution is 7.91. The lowest BCUT2D eigenvalue weighted by atomic mass is 10.3. The molecule has 0 spiro atoms. The first kappa shape index (κ1) is 18.0. The van der Waals surface area contributed by atoms with Gasteiger partial charge in [0.25, 0.3) is 0 Å². The van der Waals surface area contributed by atoms with E-state index in [1.807, 2.05) is 7.05 Å². The van der Waals surface area contributed by atoms with Gasteiger partial charge in [0, 0.05) is 32.6 Å². The summed E-state index contributed by atoms with van der Waals surface area (Å²) in [6.07, 6.45) is -0.0182. The van der Waals surface area contributed by atoms with Gasteiger partial charge in [0.05, 0.1) is 22.8 Å². The summed E-state index contributed by atoms with van der Waals surface area (Å²) in [7, 11) is -0.0881. The summed E-state index contributed by atoms with van der Waals surface area (Å²) in [5.74, 6) is 0.0707. The van der Waals surface area contributed by atoms with Crippen molar-refractivity contribution >= 4 is 27.3 Å². The first-order valence-electron chi connectivity index (χ1n) is 7.36. The summed E-state index contributed by atoms with van der Waals surface area (Å²) in [6, 6.07) is 4.31. The zero-order valence-corrected chi connectivity index (χ0v) is 14.9. The fraction of sp³-hybridized carbons (Fsp3) is 0.533. The molecule has 0 N–H and O–H groups in total. The minimum Gasteiger partial charge on any atom is -0.495 e. The number of likely N-dealkylation sites (N-methyl/N-ethyl adjacent to an activating group) is 1. The summed E-state index contributed by atoms with van der Waals surface area (Å²) >= 11 is 5.96.